The Labute approximate surface area is 133 Å². The van der Waals surface area contributed by atoms with Crippen LogP contribution in [0.1, 0.15) is 28.9 Å². The second kappa shape index (κ2) is 6.50. The fraction of sp³-hybridized carbons (Fsp3) is 0.353. The molecule has 23 heavy (non-hydrogen) atoms. The van der Waals surface area contributed by atoms with Crippen LogP contribution >= 0.6 is 0 Å². The van der Waals surface area contributed by atoms with Crippen LogP contribution in [0.5, 0.6) is 0 Å². The molecule has 122 valence electrons. The first kappa shape index (κ1) is 15.7. The molecule has 0 bridgehead atoms. The summed E-state index contributed by atoms with van der Waals surface area (Å²) in [4.78, 5) is 16.1. The summed E-state index contributed by atoms with van der Waals surface area (Å²) in [5, 5.41) is 0. The molecule has 1 aromatic carbocycles. The topological polar surface area (TPSA) is 36.7 Å². The highest BCUT2D eigenvalue weighted by molar-refractivity contribution is 5.93. The Morgan fingerprint density at radius 1 is 1.17 bits per heavy atom. The molecule has 2 aromatic rings. The van der Waals surface area contributed by atoms with Gasteiger partial charge < -0.3 is 9.32 Å². The molecule has 1 atom stereocenters. The van der Waals surface area contributed by atoms with Gasteiger partial charge in [-0.2, -0.15) is 0 Å². The zero-order chi connectivity index (χ0) is 16.4. The Bertz CT molecular complexity index is 680. The van der Waals surface area contributed by atoms with Crippen molar-refractivity contribution in [1.82, 2.24) is 9.80 Å². The number of carbonyl (C=O) groups is 1. The molecular weight excluding hydrogens is 302 g/mol. The molecule has 6 heteroatoms. The minimum Gasteiger partial charge on any atom is -0.472 e. The molecule has 0 N–H and O–H groups in total. The fourth-order valence-corrected chi connectivity index (χ4v) is 2.92. The van der Waals surface area contributed by atoms with Crippen LogP contribution in [0.4, 0.5) is 8.78 Å². The van der Waals surface area contributed by atoms with Crippen LogP contribution in [0.3, 0.4) is 0 Å². The average molecular weight is 320 g/mol. The third kappa shape index (κ3) is 3.27. The Kier molecular flexibility index (Phi) is 4.43. The molecule has 1 aliphatic rings. The minimum absolute atomic E-state index is 0.0565. The van der Waals surface area contributed by atoms with Crippen LogP contribution in [0.25, 0.3) is 0 Å². The van der Waals surface area contributed by atoms with E-state index in [4.69, 9.17) is 4.42 Å². The zero-order valence-corrected chi connectivity index (χ0v) is 12.8. The lowest BCUT2D eigenvalue weighted by atomic mass is 10.1. The van der Waals surface area contributed by atoms with Gasteiger partial charge in [0.15, 0.2) is 0 Å². The third-order valence-corrected chi connectivity index (χ3v) is 4.33. The molecule has 0 aliphatic carbocycles. The lowest BCUT2D eigenvalue weighted by Crippen LogP contribution is -2.49. The van der Waals surface area contributed by atoms with Gasteiger partial charge in [0.2, 0.25) is 0 Å². The van der Waals surface area contributed by atoms with Crippen molar-refractivity contribution < 1.29 is 18.0 Å². The third-order valence-electron chi connectivity index (χ3n) is 4.33. The summed E-state index contributed by atoms with van der Waals surface area (Å²) in [7, 11) is 0. The first-order valence-electron chi connectivity index (χ1n) is 7.56. The van der Waals surface area contributed by atoms with Gasteiger partial charge in [-0.3, -0.25) is 9.69 Å². The molecule has 1 saturated heterocycles. The lowest BCUT2D eigenvalue weighted by molar-refractivity contribution is 0.0578. The Morgan fingerprint density at radius 3 is 2.52 bits per heavy atom. The van der Waals surface area contributed by atoms with Crippen molar-refractivity contribution in [3.8, 4) is 0 Å². The molecular formula is C17H18F2N2O2. The Balaban J connectivity index is 1.63. The van der Waals surface area contributed by atoms with Crippen LogP contribution in [-0.2, 0) is 0 Å². The number of hydrogen-bond acceptors (Lipinski definition) is 3. The molecule has 0 saturated carbocycles. The fourth-order valence-electron chi connectivity index (χ4n) is 2.92. The number of rotatable bonds is 3. The van der Waals surface area contributed by atoms with Gasteiger partial charge in [-0.05, 0) is 19.1 Å². The van der Waals surface area contributed by atoms with Gasteiger partial charge in [0.05, 0.1) is 11.8 Å². The molecule has 1 aliphatic heterocycles. The number of hydrogen-bond donors (Lipinski definition) is 0. The van der Waals surface area contributed by atoms with Crippen molar-refractivity contribution in [3.63, 3.8) is 0 Å². The van der Waals surface area contributed by atoms with E-state index in [1.807, 2.05) is 6.92 Å². The molecule has 2 heterocycles. The van der Waals surface area contributed by atoms with Crippen LogP contribution in [-0.4, -0.2) is 41.9 Å². The summed E-state index contributed by atoms with van der Waals surface area (Å²) in [6.45, 7) is 4.31. The van der Waals surface area contributed by atoms with Crippen LogP contribution in [0.2, 0.25) is 0 Å². The molecule has 1 unspecified atom stereocenters. The smallest absolute Gasteiger partial charge is 0.257 e. The van der Waals surface area contributed by atoms with Crippen molar-refractivity contribution in [2.75, 3.05) is 26.2 Å². The van der Waals surface area contributed by atoms with Gasteiger partial charge in [-0.1, -0.05) is 6.07 Å². The van der Waals surface area contributed by atoms with E-state index in [0.29, 0.717) is 37.3 Å². The second-order valence-corrected chi connectivity index (χ2v) is 5.68. The van der Waals surface area contributed by atoms with E-state index < -0.39 is 11.6 Å². The number of piperazine rings is 1. The summed E-state index contributed by atoms with van der Waals surface area (Å²) < 4.78 is 31.9. The number of furan rings is 1. The summed E-state index contributed by atoms with van der Waals surface area (Å²) >= 11 is 0. The maximum atomic E-state index is 13.9. The van der Waals surface area contributed by atoms with E-state index in [0.717, 1.165) is 6.07 Å². The van der Waals surface area contributed by atoms with Gasteiger partial charge >= 0.3 is 0 Å². The number of amides is 1. The van der Waals surface area contributed by atoms with E-state index in [2.05, 4.69) is 4.90 Å². The predicted molar refractivity (Wildman–Crippen MR) is 81.0 cm³/mol. The summed E-state index contributed by atoms with van der Waals surface area (Å²) in [5.41, 5.74) is 1.01. The largest absolute Gasteiger partial charge is 0.472 e. The van der Waals surface area contributed by atoms with Gasteiger partial charge in [0, 0.05) is 43.9 Å². The summed E-state index contributed by atoms with van der Waals surface area (Å²) in [6, 6.07) is 5.14. The van der Waals surface area contributed by atoms with Crippen molar-refractivity contribution >= 4 is 5.91 Å². The summed E-state index contributed by atoms with van der Waals surface area (Å²) in [5.74, 6) is -1.16. The quantitative estimate of drug-likeness (QED) is 0.872. The maximum Gasteiger partial charge on any atom is 0.257 e. The van der Waals surface area contributed by atoms with E-state index in [9.17, 15) is 13.6 Å². The van der Waals surface area contributed by atoms with Gasteiger partial charge in [0.1, 0.15) is 17.9 Å². The SMILES string of the molecule is CC(c1ccc(F)cc1F)N1CCN(C(=O)c2ccoc2)CC1. The second-order valence-electron chi connectivity index (χ2n) is 5.68. The van der Waals surface area contributed by atoms with Gasteiger partial charge in [0.25, 0.3) is 5.91 Å². The normalized spacial score (nSPS) is 17.3. The van der Waals surface area contributed by atoms with E-state index >= 15 is 0 Å². The molecule has 0 radical (unpaired) electrons. The lowest BCUT2D eigenvalue weighted by Gasteiger charge is -2.38. The van der Waals surface area contributed by atoms with E-state index in [1.165, 1.54) is 24.7 Å². The highest BCUT2D eigenvalue weighted by atomic mass is 19.1. The van der Waals surface area contributed by atoms with E-state index in [1.54, 1.807) is 11.0 Å². The predicted octanol–water partition coefficient (Wildman–Crippen LogP) is 3.08. The monoisotopic (exact) mass is 320 g/mol. The average Bonchev–Trinajstić information content (AvgIpc) is 3.08. The van der Waals surface area contributed by atoms with Crippen molar-refractivity contribution in [1.29, 1.82) is 0 Å². The number of halogens is 2. The van der Waals surface area contributed by atoms with Crippen molar-refractivity contribution in [3.05, 3.63) is 59.6 Å². The highest BCUT2D eigenvalue weighted by Gasteiger charge is 2.26. The number of nitrogens with zero attached hydrogens (tertiary/aromatic N) is 2. The highest BCUT2D eigenvalue weighted by Crippen LogP contribution is 2.25. The maximum absolute atomic E-state index is 13.9. The zero-order valence-electron chi connectivity index (χ0n) is 12.8. The van der Waals surface area contributed by atoms with Crippen molar-refractivity contribution in [2.24, 2.45) is 0 Å². The van der Waals surface area contributed by atoms with Crippen LogP contribution < -0.4 is 0 Å². The molecule has 1 fully saturated rings. The molecule has 4 nitrogen and oxygen atoms in total. The summed E-state index contributed by atoms with van der Waals surface area (Å²) in [6.07, 6.45) is 2.91. The molecule has 3 rings (SSSR count). The van der Waals surface area contributed by atoms with Gasteiger partial charge in [-0.25, -0.2) is 8.78 Å². The Hall–Kier alpha value is -2.21. The van der Waals surface area contributed by atoms with Gasteiger partial charge in [-0.15, -0.1) is 0 Å². The number of carbonyl (C=O) groups excluding carboxylic acids is 1. The molecule has 0 spiro atoms. The minimum atomic E-state index is -0.575. The Morgan fingerprint density at radius 2 is 1.91 bits per heavy atom. The standard InChI is InChI=1S/C17H18F2N2O2/c1-12(15-3-2-14(18)10-16(15)19)20-5-7-21(8-6-20)17(22)13-4-9-23-11-13/h2-4,9-12H,5-8H2,1H3. The first-order chi connectivity index (χ1) is 11.1. The van der Waals surface area contributed by atoms with Crippen LogP contribution in [0, 0.1) is 11.6 Å². The van der Waals surface area contributed by atoms with Crippen molar-refractivity contribution in [2.45, 2.75) is 13.0 Å². The first-order valence-corrected chi connectivity index (χ1v) is 7.56. The van der Waals surface area contributed by atoms with Crippen LogP contribution in [0.15, 0.2) is 41.2 Å². The number of benzene rings is 1. The molecule has 1 aromatic heterocycles. The molecule has 1 amide bonds. The van der Waals surface area contributed by atoms with E-state index in [-0.39, 0.29) is 11.9 Å².